The maximum absolute atomic E-state index is 11.4. The fraction of sp³-hybridized carbons (Fsp3) is 0.364. The molecule has 0 atom stereocenters. The normalized spacial score (nSPS) is 14.0. The number of benzene rings is 1. The summed E-state index contributed by atoms with van der Waals surface area (Å²) < 4.78 is 10.7. The zero-order chi connectivity index (χ0) is 10.8. The molecule has 0 radical (unpaired) electrons. The number of rotatable bonds is 2. The van der Waals surface area contributed by atoms with Crippen LogP contribution in [0.25, 0.3) is 0 Å². The lowest BCUT2D eigenvalue weighted by molar-refractivity contribution is 0.101. The predicted octanol–water partition coefficient (Wildman–Crippen LogP) is 2.38. The van der Waals surface area contributed by atoms with Gasteiger partial charge < -0.3 is 9.47 Å². The lowest BCUT2D eigenvalue weighted by Crippen LogP contribution is -2.08. The van der Waals surface area contributed by atoms with E-state index in [1.807, 2.05) is 6.07 Å². The number of ether oxygens (including phenoxy) is 2. The Bertz CT molecular complexity index is 401. The van der Waals surface area contributed by atoms with Crippen molar-refractivity contribution in [3.63, 3.8) is 0 Å². The van der Waals surface area contributed by atoms with E-state index >= 15 is 0 Å². The minimum atomic E-state index is -0.00572. The smallest absolute Gasteiger partial charge is 0.163 e. The van der Waals surface area contributed by atoms with Crippen molar-refractivity contribution in [1.29, 1.82) is 0 Å². The number of carbonyl (C=O) groups is 1. The van der Waals surface area contributed by atoms with Crippen LogP contribution in [0.1, 0.15) is 17.3 Å². The molecule has 0 bridgehead atoms. The molecule has 80 valence electrons. The molecule has 2 rings (SSSR count). The van der Waals surface area contributed by atoms with Gasteiger partial charge in [0, 0.05) is 5.75 Å². The summed E-state index contributed by atoms with van der Waals surface area (Å²) in [7, 11) is 1.57. The lowest BCUT2D eigenvalue weighted by atomic mass is 10.1. The lowest BCUT2D eigenvalue weighted by Gasteiger charge is -2.18. The van der Waals surface area contributed by atoms with Crippen LogP contribution in [0.2, 0.25) is 0 Å². The maximum Gasteiger partial charge on any atom is 0.163 e. The van der Waals surface area contributed by atoms with E-state index in [2.05, 4.69) is 0 Å². The summed E-state index contributed by atoms with van der Waals surface area (Å²) in [6.45, 7) is 2.22. The summed E-state index contributed by atoms with van der Waals surface area (Å²) in [5.74, 6) is 2.35. The number of methoxy groups -OCH3 is 1. The molecule has 1 heterocycles. The molecule has 4 heteroatoms. The first kappa shape index (κ1) is 10.4. The second-order valence-corrected chi connectivity index (χ2v) is 4.39. The molecule has 3 nitrogen and oxygen atoms in total. The summed E-state index contributed by atoms with van der Waals surface area (Å²) in [5, 5.41) is 0. The molecule has 0 N–H and O–H groups in total. The van der Waals surface area contributed by atoms with Crippen LogP contribution in [-0.4, -0.2) is 25.3 Å². The van der Waals surface area contributed by atoms with Crippen LogP contribution in [0.15, 0.2) is 17.0 Å². The van der Waals surface area contributed by atoms with Crippen molar-refractivity contribution in [3.8, 4) is 11.5 Å². The molecule has 1 aliphatic rings. The van der Waals surface area contributed by atoms with Gasteiger partial charge in [-0.25, -0.2) is 0 Å². The Kier molecular flexibility index (Phi) is 2.86. The molecule has 1 aliphatic heterocycles. The fourth-order valence-electron chi connectivity index (χ4n) is 1.51. The largest absolute Gasteiger partial charge is 0.496 e. The van der Waals surface area contributed by atoms with E-state index in [0.717, 1.165) is 16.4 Å². The van der Waals surface area contributed by atoms with E-state index in [-0.39, 0.29) is 5.78 Å². The topological polar surface area (TPSA) is 35.5 Å². The van der Waals surface area contributed by atoms with E-state index in [1.54, 1.807) is 24.9 Å². The molecule has 0 saturated carbocycles. The highest BCUT2D eigenvalue weighted by molar-refractivity contribution is 7.99. The summed E-state index contributed by atoms with van der Waals surface area (Å²) in [4.78, 5) is 12.4. The number of fused-ring (bicyclic) bond motifs is 1. The highest BCUT2D eigenvalue weighted by atomic mass is 32.2. The average molecular weight is 224 g/mol. The SMILES string of the molecule is COc1cc2c(cc1C(C)=O)OCCS2. The van der Waals surface area contributed by atoms with Gasteiger partial charge in [-0.05, 0) is 19.1 Å². The van der Waals surface area contributed by atoms with Gasteiger partial charge in [0.1, 0.15) is 11.5 Å². The summed E-state index contributed by atoms with van der Waals surface area (Å²) in [6.07, 6.45) is 0. The quantitative estimate of drug-likeness (QED) is 0.722. The van der Waals surface area contributed by atoms with Gasteiger partial charge in [-0.3, -0.25) is 4.79 Å². The first-order valence-corrected chi connectivity index (χ1v) is 5.69. The Labute approximate surface area is 92.8 Å². The van der Waals surface area contributed by atoms with Crippen molar-refractivity contribution in [2.24, 2.45) is 0 Å². The van der Waals surface area contributed by atoms with Crippen LogP contribution >= 0.6 is 11.8 Å². The van der Waals surface area contributed by atoms with Gasteiger partial charge in [0.15, 0.2) is 5.78 Å². The monoisotopic (exact) mass is 224 g/mol. The van der Waals surface area contributed by atoms with E-state index in [9.17, 15) is 4.79 Å². The van der Waals surface area contributed by atoms with Crippen LogP contribution in [0.3, 0.4) is 0 Å². The molecule has 15 heavy (non-hydrogen) atoms. The van der Waals surface area contributed by atoms with Gasteiger partial charge in [-0.15, -0.1) is 11.8 Å². The van der Waals surface area contributed by atoms with Crippen molar-refractivity contribution in [3.05, 3.63) is 17.7 Å². The second kappa shape index (κ2) is 4.14. The number of ketones is 1. The first-order valence-electron chi connectivity index (χ1n) is 4.71. The molecule has 0 saturated heterocycles. The van der Waals surface area contributed by atoms with E-state index in [0.29, 0.717) is 17.9 Å². The number of hydrogen-bond acceptors (Lipinski definition) is 4. The van der Waals surface area contributed by atoms with E-state index < -0.39 is 0 Å². The molecule has 0 spiro atoms. The molecule has 0 unspecified atom stereocenters. The fourth-order valence-corrected chi connectivity index (χ4v) is 2.35. The Morgan fingerprint density at radius 2 is 2.33 bits per heavy atom. The van der Waals surface area contributed by atoms with Crippen molar-refractivity contribution in [2.75, 3.05) is 19.5 Å². The van der Waals surface area contributed by atoms with Gasteiger partial charge in [0.05, 0.1) is 24.2 Å². The standard InChI is InChI=1S/C11H12O3S/c1-7(12)8-5-10-11(6-9(8)13-2)15-4-3-14-10/h5-6H,3-4H2,1-2H3. The number of Topliss-reactive ketones (excluding diaryl/α,β-unsaturated/α-hetero) is 1. The van der Waals surface area contributed by atoms with E-state index in [1.165, 1.54) is 6.92 Å². The van der Waals surface area contributed by atoms with Gasteiger partial charge in [-0.1, -0.05) is 0 Å². The summed E-state index contributed by atoms with van der Waals surface area (Å²) in [6, 6.07) is 3.64. The van der Waals surface area contributed by atoms with Crippen molar-refractivity contribution in [1.82, 2.24) is 0 Å². The minimum Gasteiger partial charge on any atom is -0.496 e. The third-order valence-electron chi connectivity index (χ3n) is 2.24. The number of hydrogen-bond donors (Lipinski definition) is 0. The highest BCUT2D eigenvalue weighted by Crippen LogP contribution is 2.38. The summed E-state index contributed by atoms with van der Waals surface area (Å²) >= 11 is 1.72. The molecule has 0 fully saturated rings. The molecule has 1 aromatic rings. The van der Waals surface area contributed by atoms with Crippen LogP contribution in [0.5, 0.6) is 11.5 Å². The summed E-state index contributed by atoms with van der Waals surface area (Å²) in [5.41, 5.74) is 0.582. The molecule has 1 aromatic carbocycles. The predicted molar refractivity (Wildman–Crippen MR) is 59.2 cm³/mol. The van der Waals surface area contributed by atoms with Gasteiger partial charge >= 0.3 is 0 Å². The Hall–Kier alpha value is -1.16. The molecule has 0 aliphatic carbocycles. The first-order chi connectivity index (χ1) is 7.22. The van der Waals surface area contributed by atoms with E-state index in [4.69, 9.17) is 9.47 Å². The second-order valence-electron chi connectivity index (χ2n) is 3.25. The van der Waals surface area contributed by atoms with Gasteiger partial charge in [-0.2, -0.15) is 0 Å². The highest BCUT2D eigenvalue weighted by Gasteiger charge is 2.17. The maximum atomic E-state index is 11.4. The van der Waals surface area contributed by atoms with Crippen LogP contribution < -0.4 is 9.47 Å². The van der Waals surface area contributed by atoms with Crippen LogP contribution in [0.4, 0.5) is 0 Å². The third-order valence-corrected chi connectivity index (χ3v) is 3.24. The molecular formula is C11H12O3S. The molecular weight excluding hydrogens is 212 g/mol. The zero-order valence-corrected chi connectivity index (χ0v) is 9.52. The van der Waals surface area contributed by atoms with Crippen LogP contribution in [0, 0.1) is 0 Å². The van der Waals surface area contributed by atoms with Gasteiger partial charge in [0.25, 0.3) is 0 Å². The van der Waals surface area contributed by atoms with Crippen LogP contribution in [-0.2, 0) is 0 Å². The minimum absolute atomic E-state index is 0.00572. The third kappa shape index (κ3) is 1.95. The number of carbonyl (C=O) groups excluding carboxylic acids is 1. The van der Waals surface area contributed by atoms with Gasteiger partial charge in [0.2, 0.25) is 0 Å². The Morgan fingerprint density at radius 3 is 3.00 bits per heavy atom. The van der Waals surface area contributed by atoms with Crippen molar-refractivity contribution in [2.45, 2.75) is 11.8 Å². The van der Waals surface area contributed by atoms with Crippen molar-refractivity contribution >= 4 is 17.5 Å². The molecule has 0 amide bonds. The number of thioether (sulfide) groups is 1. The Balaban J connectivity index is 2.51. The zero-order valence-electron chi connectivity index (χ0n) is 8.70. The Morgan fingerprint density at radius 1 is 1.53 bits per heavy atom. The van der Waals surface area contributed by atoms with Crippen molar-refractivity contribution < 1.29 is 14.3 Å². The average Bonchev–Trinajstić information content (AvgIpc) is 2.27. The molecule has 0 aromatic heterocycles.